The Morgan fingerprint density at radius 2 is 1.89 bits per heavy atom. The van der Waals surface area contributed by atoms with E-state index >= 15 is 0 Å². The van der Waals surface area contributed by atoms with Crippen molar-refractivity contribution in [3.8, 4) is 0 Å². The highest BCUT2D eigenvalue weighted by Crippen LogP contribution is 2.09. The van der Waals surface area contributed by atoms with Crippen LogP contribution in [0.3, 0.4) is 0 Å². The van der Waals surface area contributed by atoms with Crippen LogP contribution < -0.4 is 5.32 Å². The molecule has 1 fully saturated rings. The minimum Gasteiger partial charge on any atom is -0.337 e. The van der Waals surface area contributed by atoms with Gasteiger partial charge in [0.2, 0.25) is 5.91 Å². The Kier molecular flexibility index (Phi) is 7.83. The highest BCUT2D eigenvalue weighted by molar-refractivity contribution is 5.85. The Balaban J connectivity index is 0.00000289. The fraction of sp³-hybridized carbons (Fsp3) is 0.923. The maximum atomic E-state index is 12.3. The van der Waals surface area contributed by atoms with E-state index < -0.39 is 0 Å². The number of hydrogen-bond acceptors (Lipinski definition) is 3. The lowest BCUT2D eigenvalue weighted by atomic mass is 10.2. The number of hydrogen-bond donors (Lipinski definition) is 1. The Morgan fingerprint density at radius 1 is 1.33 bits per heavy atom. The molecule has 0 bridgehead atoms. The summed E-state index contributed by atoms with van der Waals surface area (Å²) in [6, 6.07) is 1.01. The fourth-order valence-electron chi connectivity index (χ4n) is 2.55. The van der Waals surface area contributed by atoms with Crippen LogP contribution in [0.4, 0.5) is 0 Å². The zero-order valence-corrected chi connectivity index (χ0v) is 13.1. The third-order valence-electron chi connectivity index (χ3n) is 3.38. The van der Waals surface area contributed by atoms with Gasteiger partial charge in [0.25, 0.3) is 0 Å². The third kappa shape index (κ3) is 4.75. The molecular weight excluding hydrogens is 250 g/mol. The SMILES string of the molecule is CC(C)N(C(=O)CN1CCNC[C@@H]1C)C(C)C.Cl. The third-order valence-corrected chi connectivity index (χ3v) is 3.38. The quantitative estimate of drug-likeness (QED) is 0.843. The van der Waals surface area contributed by atoms with Crippen LogP contribution in [0.2, 0.25) is 0 Å². The molecular formula is C13H28ClN3O. The molecule has 1 amide bonds. The lowest BCUT2D eigenvalue weighted by Gasteiger charge is -2.37. The predicted molar refractivity (Wildman–Crippen MR) is 78.3 cm³/mol. The van der Waals surface area contributed by atoms with Crippen LogP contribution >= 0.6 is 12.4 Å². The fourth-order valence-corrected chi connectivity index (χ4v) is 2.55. The van der Waals surface area contributed by atoms with E-state index in [0.29, 0.717) is 12.6 Å². The van der Waals surface area contributed by atoms with Crippen molar-refractivity contribution in [1.29, 1.82) is 0 Å². The number of amides is 1. The maximum absolute atomic E-state index is 12.3. The van der Waals surface area contributed by atoms with Crippen molar-refractivity contribution < 1.29 is 4.79 Å². The van der Waals surface area contributed by atoms with Crippen molar-refractivity contribution in [2.75, 3.05) is 26.2 Å². The molecule has 1 aliphatic rings. The van der Waals surface area contributed by atoms with Crippen molar-refractivity contribution in [3.63, 3.8) is 0 Å². The molecule has 5 heteroatoms. The minimum atomic E-state index is 0. The average Bonchev–Trinajstić information content (AvgIpc) is 2.20. The first-order valence-electron chi connectivity index (χ1n) is 6.69. The smallest absolute Gasteiger partial charge is 0.237 e. The van der Waals surface area contributed by atoms with Gasteiger partial charge in [-0.05, 0) is 34.6 Å². The molecule has 1 heterocycles. The van der Waals surface area contributed by atoms with Gasteiger partial charge in [-0.25, -0.2) is 0 Å². The Hall–Kier alpha value is -0.320. The van der Waals surface area contributed by atoms with Gasteiger partial charge in [-0.3, -0.25) is 9.69 Å². The van der Waals surface area contributed by atoms with Gasteiger partial charge in [0.15, 0.2) is 0 Å². The summed E-state index contributed by atoms with van der Waals surface area (Å²) < 4.78 is 0. The van der Waals surface area contributed by atoms with E-state index in [4.69, 9.17) is 0 Å². The second-order valence-corrected chi connectivity index (χ2v) is 5.51. The summed E-state index contributed by atoms with van der Waals surface area (Å²) in [5.74, 6) is 0.253. The summed E-state index contributed by atoms with van der Waals surface area (Å²) >= 11 is 0. The monoisotopic (exact) mass is 277 g/mol. The topological polar surface area (TPSA) is 35.6 Å². The first kappa shape index (κ1) is 17.7. The highest BCUT2D eigenvalue weighted by atomic mass is 35.5. The van der Waals surface area contributed by atoms with Crippen LogP contribution in [0.1, 0.15) is 34.6 Å². The molecule has 1 rings (SSSR count). The van der Waals surface area contributed by atoms with Gasteiger partial charge in [-0.2, -0.15) is 0 Å². The van der Waals surface area contributed by atoms with Crippen LogP contribution in [0.5, 0.6) is 0 Å². The van der Waals surface area contributed by atoms with E-state index in [1.807, 2.05) is 4.90 Å². The molecule has 0 aliphatic carbocycles. The summed E-state index contributed by atoms with van der Waals surface area (Å²) in [6.45, 7) is 14.0. The highest BCUT2D eigenvalue weighted by Gasteiger charge is 2.25. The van der Waals surface area contributed by atoms with Gasteiger partial charge >= 0.3 is 0 Å². The number of halogens is 1. The van der Waals surface area contributed by atoms with Gasteiger partial charge in [0.1, 0.15) is 0 Å². The standard InChI is InChI=1S/C13H27N3O.ClH/c1-10(2)16(11(3)4)13(17)9-15-7-6-14-8-12(15)5;/h10-12,14H,6-9H2,1-5H3;1H/t12-;/m0./s1. The van der Waals surface area contributed by atoms with Crippen molar-refractivity contribution in [3.05, 3.63) is 0 Å². The molecule has 0 spiro atoms. The summed E-state index contributed by atoms with van der Waals surface area (Å²) in [4.78, 5) is 16.6. The molecule has 1 saturated heterocycles. The molecule has 1 N–H and O–H groups in total. The zero-order chi connectivity index (χ0) is 13.0. The van der Waals surface area contributed by atoms with Crippen LogP contribution in [-0.2, 0) is 4.79 Å². The Morgan fingerprint density at radius 3 is 2.33 bits per heavy atom. The predicted octanol–water partition coefficient (Wildman–Crippen LogP) is 1.35. The van der Waals surface area contributed by atoms with E-state index in [2.05, 4.69) is 44.8 Å². The van der Waals surface area contributed by atoms with E-state index in [0.717, 1.165) is 19.6 Å². The summed E-state index contributed by atoms with van der Waals surface area (Å²) in [5.41, 5.74) is 0. The summed E-state index contributed by atoms with van der Waals surface area (Å²) in [7, 11) is 0. The van der Waals surface area contributed by atoms with Gasteiger partial charge in [0, 0.05) is 37.8 Å². The number of carbonyl (C=O) groups is 1. The molecule has 0 radical (unpaired) electrons. The van der Waals surface area contributed by atoms with E-state index in [1.54, 1.807) is 0 Å². The first-order valence-corrected chi connectivity index (χ1v) is 6.69. The molecule has 18 heavy (non-hydrogen) atoms. The molecule has 0 aromatic heterocycles. The second kappa shape index (κ2) is 7.97. The van der Waals surface area contributed by atoms with Crippen molar-refractivity contribution in [2.24, 2.45) is 0 Å². The van der Waals surface area contributed by atoms with Gasteiger partial charge in [0.05, 0.1) is 6.54 Å². The van der Waals surface area contributed by atoms with Crippen LogP contribution in [0, 0.1) is 0 Å². The molecule has 108 valence electrons. The van der Waals surface area contributed by atoms with Crippen LogP contribution in [-0.4, -0.2) is 60.0 Å². The number of nitrogens with zero attached hydrogens (tertiary/aromatic N) is 2. The first-order chi connectivity index (χ1) is 7.93. The molecule has 1 aliphatic heterocycles. The number of piperazine rings is 1. The zero-order valence-electron chi connectivity index (χ0n) is 12.3. The maximum Gasteiger partial charge on any atom is 0.237 e. The minimum absolute atomic E-state index is 0. The second-order valence-electron chi connectivity index (χ2n) is 5.51. The van der Waals surface area contributed by atoms with Crippen molar-refractivity contribution in [2.45, 2.75) is 52.7 Å². The number of nitrogens with one attached hydrogen (secondary N) is 1. The van der Waals surface area contributed by atoms with Gasteiger partial charge in [-0.1, -0.05) is 0 Å². The normalized spacial score (nSPS) is 20.9. The molecule has 0 aromatic carbocycles. The Bertz CT molecular complexity index is 251. The van der Waals surface area contributed by atoms with E-state index in [-0.39, 0.29) is 30.4 Å². The lowest BCUT2D eigenvalue weighted by Crippen LogP contribution is -2.54. The molecule has 4 nitrogen and oxygen atoms in total. The average molecular weight is 278 g/mol. The summed E-state index contributed by atoms with van der Waals surface area (Å²) in [5, 5.41) is 3.35. The van der Waals surface area contributed by atoms with Crippen molar-refractivity contribution in [1.82, 2.24) is 15.1 Å². The molecule has 0 unspecified atom stereocenters. The number of carbonyl (C=O) groups excluding carboxylic acids is 1. The van der Waals surface area contributed by atoms with E-state index in [9.17, 15) is 4.79 Å². The van der Waals surface area contributed by atoms with Gasteiger partial charge < -0.3 is 10.2 Å². The van der Waals surface area contributed by atoms with Crippen molar-refractivity contribution >= 4 is 18.3 Å². The summed E-state index contributed by atoms with van der Waals surface area (Å²) in [6.07, 6.45) is 0. The van der Waals surface area contributed by atoms with Crippen LogP contribution in [0.25, 0.3) is 0 Å². The molecule has 0 saturated carbocycles. The molecule has 0 aromatic rings. The van der Waals surface area contributed by atoms with Gasteiger partial charge in [-0.15, -0.1) is 12.4 Å². The lowest BCUT2D eigenvalue weighted by molar-refractivity contribution is -0.136. The Labute approximate surface area is 117 Å². The van der Waals surface area contributed by atoms with E-state index in [1.165, 1.54) is 0 Å². The number of rotatable bonds is 4. The molecule has 1 atom stereocenters. The largest absolute Gasteiger partial charge is 0.337 e. The van der Waals surface area contributed by atoms with Crippen LogP contribution in [0.15, 0.2) is 0 Å².